The van der Waals surface area contributed by atoms with Crippen LogP contribution in [0.15, 0.2) is 30.3 Å². The van der Waals surface area contributed by atoms with Gasteiger partial charge in [0.15, 0.2) is 0 Å². The van der Waals surface area contributed by atoms with Crippen LogP contribution >= 0.6 is 0 Å². The lowest BCUT2D eigenvalue weighted by atomic mass is 9.71. The van der Waals surface area contributed by atoms with Crippen LogP contribution in [0.5, 0.6) is 0 Å². The van der Waals surface area contributed by atoms with Crippen molar-refractivity contribution in [3.05, 3.63) is 35.9 Å². The normalized spacial score (nSPS) is 19.1. The van der Waals surface area contributed by atoms with Gasteiger partial charge in [-0.05, 0) is 48.1 Å². The van der Waals surface area contributed by atoms with Gasteiger partial charge in [-0.25, -0.2) is 0 Å². The Hall–Kier alpha value is -1.77. The fourth-order valence-corrected chi connectivity index (χ4v) is 3.15. The van der Waals surface area contributed by atoms with Crippen molar-refractivity contribution in [1.82, 2.24) is 10.2 Å². The second-order valence-electron chi connectivity index (χ2n) is 6.77. The molecule has 0 aliphatic heterocycles. The van der Waals surface area contributed by atoms with E-state index in [4.69, 9.17) is 5.73 Å². The molecule has 0 spiro atoms. The van der Waals surface area contributed by atoms with E-state index < -0.39 is 0 Å². The van der Waals surface area contributed by atoms with Gasteiger partial charge in [0.05, 0.1) is 5.69 Å². The number of rotatable bonds is 2. The molecular formula is C17H23N3. The van der Waals surface area contributed by atoms with Gasteiger partial charge in [-0.15, -0.1) is 0 Å². The molecule has 3 nitrogen and oxygen atoms in total. The number of aromatic nitrogens is 2. The minimum absolute atomic E-state index is 0.532. The van der Waals surface area contributed by atoms with Gasteiger partial charge in [0.1, 0.15) is 5.82 Å². The van der Waals surface area contributed by atoms with E-state index in [0.29, 0.717) is 11.2 Å². The molecule has 3 N–H and O–H groups in total. The first-order valence-corrected chi connectivity index (χ1v) is 7.45. The fraction of sp³-hybridized carbons (Fsp3) is 0.471. The molecule has 1 heterocycles. The Morgan fingerprint density at radius 1 is 1.15 bits per heavy atom. The Morgan fingerprint density at radius 2 is 1.80 bits per heavy atom. The number of nitrogens with zero attached hydrogens (tertiary/aromatic N) is 1. The van der Waals surface area contributed by atoms with Gasteiger partial charge in [0.25, 0.3) is 0 Å². The molecule has 0 atom stereocenters. The molecule has 0 amide bonds. The third-order valence-corrected chi connectivity index (χ3v) is 4.63. The van der Waals surface area contributed by atoms with E-state index in [9.17, 15) is 0 Å². The lowest BCUT2D eigenvalue weighted by molar-refractivity contribution is 0.224. The van der Waals surface area contributed by atoms with Crippen LogP contribution in [-0.4, -0.2) is 10.2 Å². The maximum atomic E-state index is 5.65. The number of hydrogen-bond donors (Lipinski definition) is 2. The van der Waals surface area contributed by atoms with E-state index in [1.165, 1.54) is 31.2 Å². The van der Waals surface area contributed by atoms with Crippen molar-refractivity contribution in [2.75, 3.05) is 5.73 Å². The molecule has 3 heteroatoms. The van der Waals surface area contributed by atoms with Crippen molar-refractivity contribution in [3.63, 3.8) is 0 Å². The number of benzene rings is 1. The van der Waals surface area contributed by atoms with Gasteiger partial charge in [-0.1, -0.05) is 38.1 Å². The second kappa shape index (κ2) is 4.97. The maximum absolute atomic E-state index is 5.65. The molecule has 2 aromatic rings. The number of H-pyrrole nitrogens is 1. The van der Waals surface area contributed by atoms with Crippen LogP contribution in [0.25, 0.3) is 11.3 Å². The smallest absolute Gasteiger partial charge is 0.145 e. The molecule has 0 saturated heterocycles. The summed E-state index contributed by atoms with van der Waals surface area (Å²) >= 11 is 0. The van der Waals surface area contributed by atoms with Crippen LogP contribution < -0.4 is 5.73 Å². The quantitative estimate of drug-likeness (QED) is 0.852. The topological polar surface area (TPSA) is 54.7 Å². The zero-order valence-electron chi connectivity index (χ0n) is 12.3. The van der Waals surface area contributed by atoms with Crippen LogP contribution in [0.4, 0.5) is 5.82 Å². The fourth-order valence-electron chi connectivity index (χ4n) is 3.15. The highest BCUT2D eigenvalue weighted by atomic mass is 15.2. The first-order chi connectivity index (χ1) is 9.53. The second-order valence-corrected chi connectivity index (χ2v) is 6.77. The lowest BCUT2D eigenvalue weighted by Crippen LogP contribution is -2.20. The van der Waals surface area contributed by atoms with Gasteiger partial charge < -0.3 is 5.73 Å². The van der Waals surface area contributed by atoms with Crippen molar-refractivity contribution < 1.29 is 0 Å². The van der Waals surface area contributed by atoms with Crippen LogP contribution in [-0.2, 0) is 0 Å². The van der Waals surface area contributed by atoms with E-state index in [1.54, 1.807) is 0 Å². The van der Waals surface area contributed by atoms with Gasteiger partial charge in [0.2, 0.25) is 0 Å². The monoisotopic (exact) mass is 269 g/mol. The highest BCUT2D eigenvalue weighted by Gasteiger charge is 2.27. The standard InChI is InChI=1S/C17H23N3/c1-17(2)9-7-13(8-10-17)12-3-5-14(6-4-12)15-11-16(18)20-19-15/h3-6,11,13H,7-10H2,1-2H3,(H3,18,19,20). The molecular weight excluding hydrogens is 246 g/mol. The highest BCUT2D eigenvalue weighted by Crippen LogP contribution is 2.42. The summed E-state index contributed by atoms with van der Waals surface area (Å²) in [7, 11) is 0. The summed E-state index contributed by atoms with van der Waals surface area (Å²) in [6.45, 7) is 4.77. The van der Waals surface area contributed by atoms with Crippen LogP contribution in [0, 0.1) is 5.41 Å². The van der Waals surface area contributed by atoms with E-state index in [2.05, 4.69) is 48.3 Å². The van der Waals surface area contributed by atoms with Gasteiger partial charge in [0, 0.05) is 6.07 Å². The zero-order valence-corrected chi connectivity index (χ0v) is 12.3. The van der Waals surface area contributed by atoms with Crippen molar-refractivity contribution >= 4 is 5.82 Å². The zero-order chi connectivity index (χ0) is 14.2. The Kier molecular flexibility index (Phi) is 3.28. The number of aromatic amines is 1. The summed E-state index contributed by atoms with van der Waals surface area (Å²) in [5.74, 6) is 1.27. The summed E-state index contributed by atoms with van der Waals surface area (Å²) in [4.78, 5) is 0. The molecule has 1 aliphatic carbocycles. The van der Waals surface area contributed by atoms with Crippen molar-refractivity contribution in [3.8, 4) is 11.3 Å². The maximum Gasteiger partial charge on any atom is 0.145 e. The average molecular weight is 269 g/mol. The summed E-state index contributed by atoms with van der Waals surface area (Å²) < 4.78 is 0. The van der Waals surface area contributed by atoms with Gasteiger partial charge in [-0.2, -0.15) is 5.10 Å². The molecule has 0 unspecified atom stereocenters. The minimum Gasteiger partial charge on any atom is -0.382 e. The predicted octanol–water partition coefficient (Wildman–Crippen LogP) is 4.34. The van der Waals surface area contributed by atoms with E-state index in [0.717, 1.165) is 17.2 Å². The molecule has 3 rings (SSSR count). The van der Waals surface area contributed by atoms with E-state index in [-0.39, 0.29) is 0 Å². The lowest BCUT2D eigenvalue weighted by Gasteiger charge is -2.34. The number of nitrogens with one attached hydrogen (secondary N) is 1. The minimum atomic E-state index is 0.532. The highest BCUT2D eigenvalue weighted by molar-refractivity contribution is 5.62. The number of hydrogen-bond acceptors (Lipinski definition) is 2. The molecule has 1 aliphatic rings. The van der Waals surface area contributed by atoms with Crippen LogP contribution in [0.3, 0.4) is 0 Å². The molecule has 1 fully saturated rings. The van der Waals surface area contributed by atoms with Gasteiger partial charge >= 0.3 is 0 Å². The van der Waals surface area contributed by atoms with E-state index >= 15 is 0 Å². The Morgan fingerprint density at radius 3 is 2.35 bits per heavy atom. The summed E-state index contributed by atoms with van der Waals surface area (Å²) in [6, 6.07) is 10.7. The molecule has 1 saturated carbocycles. The Bertz CT molecular complexity index is 571. The van der Waals surface area contributed by atoms with Gasteiger partial charge in [-0.3, -0.25) is 5.10 Å². The van der Waals surface area contributed by atoms with Crippen LogP contribution in [0.2, 0.25) is 0 Å². The third-order valence-electron chi connectivity index (χ3n) is 4.63. The predicted molar refractivity (Wildman–Crippen MR) is 83.4 cm³/mol. The van der Waals surface area contributed by atoms with Crippen LogP contribution in [0.1, 0.15) is 51.0 Å². The molecule has 0 bridgehead atoms. The summed E-state index contributed by atoms with van der Waals surface area (Å²) in [5.41, 5.74) is 9.78. The molecule has 1 aromatic heterocycles. The SMILES string of the molecule is CC1(C)CCC(c2ccc(-c3cc(N)n[nH]3)cc2)CC1. The largest absolute Gasteiger partial charge is 0.382 e. The molecule has 0 radical (unpaired) electrons. The van der Waals surface area contributed by atoms with Crippen molar-refractivity contribution in [1.29, 1.82) is 0 Å². The Labute approximate surface area is 120 Å². The van der Waals surface area contributed by atoms with Crippen molar-refractivity contribution in [2.24, 2.45) is 5.41 Å². The number of nitrogens with two attached hydrogens (primary N) is 1. The molecule has 1 aromatic carbocycles. The molecule has 106 valence electrons. The number of nitrogen functional groups attached to an aromatic ring is 1. The van der Waals surface area contributed by atoms with E-state index in [1.807, 2.05) is 6.07 Å². The number of anilines is 1. The Balaban J connectivity index is 1.74. The first kappa shape index (κ1) is 13.2. The average Bonchev–Trinajstić information content (AvgIpc) is 2.86. The third kappa shape index (κ3) is 2.72. The first-order valence-electron chi connectivity index (χ1n) is 7.45. The van der Waals surface area contributed by atoms with Crippen molar-refractivity contribution in [2.45, 2.75) is 45.4 Å². The molecule has 20 heavy (non-hydrogen) atoms. The summed E-state index contributed by atoms with van der Waals surface area (Å²) in [6.07, 6.45) is 5.28. The summed E-state index contributed by atoms with van der Waals surface area (Å²) in [5, 5.41) is 6.93.